The second-order valence-electron chi connectivity index (χ2n) is 5.75. The third-order valence-corrected chi connectivity index (χ3v) is 4.70. The van der Waals surface area contributed by atoms with Gasteiger partial charge in [-0.1, -0.05) is 0 Å². The van der Waals surface area contributed by atoms with Crippen LogP contribution in [0.2, 0.25) is 0 Å². The number of aryl methyl sites for hydroxylation is 2. The molecule has 8 nitrogen and oxygen atoms in total. The lowest BCUT2D eigenvalue weighted by Crippen LogP contribution is -2.19. The number of rotatable bonds is 3. The molecule has 1 aromatic heterocycles. The van der Waals surface area contributed by atoms with Crippen LogP contribution in [0.1, 0.15) is 11.4 Å². The molecule has 2 aromatic carbocycles. The van der Waals surface area contributed by atoms with Crippen molar-refractivity contribution in [3.05, 3.63) is 53.9 Å². The maximum absolute atomic E-state index is 12.1. The minimum atomic E-state index is -3.77. The predicted octanol–water partition coefficient (Wildman–Crippen LogP) is 2.54. The first-order chi connectivity index (χ1) is 12.2. The van der Waals surface area contributed by atoms with Crippen LogP contribution < -0.4 is 15.8 Å². The van der Waals surface area contributed by atoms with E-state index in [4.69, 9.17) is 5.14 Å². The van der Waals surface area contributed by atoms with Crippen molar-refractivity contribution in [2.75, 3.05) is 10.6 Å². The molecular weight excluding hydrogens is 354 g/mol. The lowest BCUT2D eigenvalue weighted by atomic mass is 10.2. The van der Waals surface area contributed by atoms with Gasteiger partial charge in [0.15, 0.2) is 0 Å². The molecule has 0 aliphatic heterocycles. The number of amides is 2. The first-order valence-corrected chi connectivity index (χ1v) is 9.23. The number of aromatic nitrogens is 2. The van der Waals surface area contributed by atoms with E-state index in [9.17, 15) is 13.2 Å². The number of hydrogen-bond donors (Lipinski definition) is 3. The van der Waals surface area contributed by atoms with Crippen molar-refractivity contribution in [2.24, 2.45) is 5.14 Å². The Hall–Kier alpha value is -3.04. The van der Waals surface area contributed by atoms with Crippen molar-refractivity contribution >= 4 is 38.5 Å². The minimum absolute atomic E-state index is 0.0257. The summed E-state index contributed by atoms with van der Waals surface area (Å²) in [4.78, 5) is 21.0. The number of urea groups is 1. The van der Waals surface area contributed by atoms with E-state index in [1.807, 2.05) is 13.8 Å². The largest absolute Gasteiger partial charge is 0.323 e. The Balaban J connectivity index is 1.73. The predicted molar refractivity (Wildman–Crippen MR) is 99.5 cm³/mol. The molecule has 0 atom stereocenters. The fourth-order valence-corrected chi connectivity index (χ4v) is 2.85. The third-order valence-electron chi connectivity index (χ3n) is 3.77. The zero-order valence-corrected chi connectivity index (χ0v) is 15.0. The maximum atomic E-state index is 12.1. The smallest absolute Gasteiger partial charge is 0.308 e. The molecule has 2 amide bonds. The maximum Gasteiger partial charge on any atom is 0.323 e. The first kappa shape index (κ1) is 17.8. The van der Waals surface area contributed by atoms with E-state index < -0.39 is 16.1 Å². The molecule has 0 saturated carbocycles. The lowest BCUT2D eigenvalue weighted by Gasteiger charge is -2.09. The number of carbonyl (C=O) groups excluding carboxylic acids is 1. The number of nitrogens with one attached hydrogen (secondary N) is 2. The zero-order chi connectivity index (χ0) is 18.9. The molecule has 134 valence electrons. The Labute approximate surface area is 150 Å². The summed E-state index contributed by atoms with van der Waals surface area (Å²) >= 11 is 0. The molecule has 3 rings (SSSR count). The molecule has 0 radical (unpaired) electrons. The Morgan fingerprint density at radius 1 is 0.885 bits per heavy atom. The van der Waals surface area contributed by atoms with Gasteiger partial charge in [0.2, 0.25) is 10.0 Å². The number of sulfonamides is 1. The second kappa shape index (κ2) is 6.70. The van der Waals surface area contributed by atoms with Gasteiger partial charge in [-0.15, -0.1) is 0 Å². The van der Waals surface area contributed by atoms with Crippen LogP contribution in [0, 0.1) is 13.8 Å². The molecule has 0 saturated heterocycles. The van der Waals surface area contributed by atoms with Crippen LogP contribution in [0.15, 0.2) is 47.4 Å². The summed E-state index contributed by atoms with van der Waals surface area (Å²) in [7, 11) is -3.77. The molecule has 0 aliphatic carbocycles. The molecule has 0 aliphatic rings. The lowest BCUT2D eigenvalue weighted by molar-refractivity contribution is 0.262. The topological polar surface area (TPSA) is 127 Å². The minimum Gasteiger partial charge on any atom is -0.308 e. The van der Waals surface area contributed by atoms with E-state index in [2.05, 4.69) is 20.6 Å². The summed E-state index contributed by atoms with van der Waals surface area (Å²) in [5.74, 6) is 0. The number of hydrogen-bond acceptors (Lipinski definition) is 5. The first-order valence-electron chi connectivity index (χ1n) is 7.68. The van der Waals surface area contributed by atoms with Gasteiger partial charge in [-0.2, -0.15) is 0 Å². The van der Waals surface area contributed by atoms with Crippen LogP contribution in [-0.2, 0) is 10.0 Å². The van der Waals surface area contributed by atoms with Gasteiger partial charge in [0.05, 0.1) is 27.3 Å². The summed E-state index contributed by atoms with van der Waals surface area (Å²) in [6, 6.07) is 10.3. The summed E-state index contributed by atoms with van der Waals surface area (Å²) in [6.45, 7) is 3.77. The van der Waals surface area contributed by atoms with E-state index in [-0.39, 0.29) is 4.90 Å². The molecule has 26 heavy (non-hydrogen) atoms. The molecule has 0 spiro atoms. The van der Waals surface area contributed by atoms with Gasteiger partial charge in [-0.3, -0.25) is 0 Å². The standard InChI is InChI=1S/C17H17N5O3S/c1-10-11(2)20-16-9-13(5-8-15(16)19-10)22-17(23)21-12-3-6-14(7-4-12)26(18,24)25/h3-9H,1-2H3,(H2,18,24,25)(H2,21,22,23). The van der Waals surface area contributed by atoms with E-state index >= 15 is 0 Å². The number of primary sulfonamides is 1. The Bertz CT molecular complexity index is 1100. The average Bonchev–Trinajstić information content (AvgIpc) is 2.56. The number of nitrogens with two attached hydrogens (primary N) is 1. The van der Waals surface area contributed by atoms with Crippen LogP contribution in [0.4, 0.5) is 16.2 Å². The summed E-state index contributed by atoms with van der Waals surface area (Å²) in [5, 5.41) is 10.4. The summed E-state index contributed by atoms with van der Waals surface area (Å²) in [5.41, 5.74) is 4.12. The monoisotopic (exact) mass is 371 g/mol. The Morgan fingerprint density at radius 2 is 1.42 bits per heavy atom. The number of fused-ring (bicyclic) bond motifs is 1. The van der Waals surface area contributed by atoms with E-state index in [1.165, 1.54) is 24.3 Å². The molecule has 3 aromatic rings. The Kier molecular flexibility index (Phi) is 4.58. The average molecular weight is 371 g/mol. The Morgan fingerprint density at radius 3 is 2.04 bits per heavy atom. The second-order valence-corrected chi connectivity index (χ2v) is 7.31. The molecule has 9 heteroatoms. The van der Waals surface area contributed by atoms with Crippen molar-refractivity contribution in [3.63, 3.8) is 0 Å². The summed E-state index contributed by atoms with van der Waals surface area (Å²) in [6.07, 6.45) is 0. The van der Waals surface area contributed by atoms with E-state index in [0.29, 0.717) is 16.9 Å². The van der Waals surface area contributed by atoms with E-state index in [1.54, 1.807) is 18.2 Å². The van der Waals surface area contributed by atoms with Crippen LogP contribution >= 0.6 is 0 Å². The van der Waals surface area contributed by atoms with Crippen molar-refractivity contribution in [1.29, 1.82) is 0 Å². The molecule has 1 heterocycles. The van der Waals surface area contributed by atoms with Gasteiger partial charge in [0.25, 0.3) is 0 Å². The van der Waals surface area contributed by atoms with Crippen molar-refractivity contribution in [3.8, 4) is 0 Å². The van der Waals surface area contributed by atoms with Crippen molar-refractivity contribution in [1.82, 2.24) is 9.97 Å². The molecule has 0 unspecified atom stereocenters. The number of carbonyl (C=O) groups is 1. The van der Waals surface area contributed by atoms with Crippen molar-refractivity contribution in [2.45, 2.75) is 18.7 Å². The fourth-order valence-electron chi connectivity index (χ4n) is 2.33. The number of benzene rings is 2. The molecular formula is C17H17N5O3S. The van der Waals surface area contributed by atoms with Gasteiger partial charge in [-0.25, -0.2) is 28.3 Å². The van der Waals surface area contributed by atoms with Crippen molar-refractivity contribution < 1.29 is 13.2 Å². The van der Waals surface area contributed by atoms with Gasteiger partial charge < -0.3 is 10.6 Å². The number of anilines is 2. The van der Waals surface area contributed by atoms with E-state index in [0.717, 1.165) is 16.9 Å². The highest BCUT2D eigenvalue weighted by molar-refractivity contribution is 7.89. The number of nitrogens with zero attached hydrogens (tertiary/aromatic N) is 2. The van der Waals surface area contributed by atoms with Crippen LogP contribution in [0.25, 0.3) is 11.0 Å². The van der Waals surface area contributed by atoms with Gasteiger partial charge in [-0.05, 0) is 56.3 Å². The fraction of sp³-hybridized carbons (Fsp3) is 0.118. The molecule has 0 bridgehead atoms. The quantitative estimate of drug-likeness (QED) is 0.652. The van der Waals surface area contributed by atoms with Crippen LogP contribution in [0.5, 0.6) is 0 Å². The van der Waals surface area contributed by atoms with Gasteiger partial charge in [0, 0.05) is 11.4 Å². The molecule has 4 N–H and O–H groups in total. The SMILES string of the molecule is Cc1nc2ccc(NC(=O)Nc3ccc(S(N)(=O)=O)cc3)cc2nc1C. The van der Waals surface area contributed by atoms with Gasteiger partial charge >= 0.3 is 6.03 Å². The van der Waals surface area contributed by atoms with Crippen LogP contribution in [-0.4, -0.2) is 24.4 Å². The highest BCUT2D eigenvalue weighted by atomic mass is 32.2. The highest BCUT2D eigenvalue weighted by Gasteiger charge is 2.09. The highest BCUT2D eigenvalue weighted by Crippen LogP contribution is 2.18. The normalized spacial score (nSPS) is 11.3. The zero-order valence-electron chi connectivity index (χ0n) is 14.1. The summed E-state index contributed by atoms with van der Waals surface area (Å²) < 4.78 is 22.5. The van der Waals surface area contributed by atoms with Crippen LogP contribution in [0.3, 0.4) is 0 Å². The van der Waals surface area contributed by atoms with Gasteiger partial charge in [0.1, 0.15) is 0 Å². The molecule has 0 fully saturated rings. The third kappa shape index (κ3) is 3.95.